The number of rotatable bonds is 6. The van der Waals surface area contributed by atoms with Crippen molar-refractivity contribution in [2.45, 2.75) is 57.2 Å². The lowest BCUT2D eigenvalue weighted by Gasteiger charge is -2.20. The molecule has 104 valence electrons. The SMILES string of the molecule is CC(CCc1ccccc1)NC1CCN(C2CC2)C1. The Bertz CT molecular complexity index is 386. The van der Waals surface area contributed by atoms with E-state index in [1.54, 1.807) is 0 Å². The predicted molar refractivity (Wildman–Crippen MR) is 80.4 cm³/mol. The molecule has 2 atom stereocenters. The third kappa shape index (κ3) is 3.80. The second kappa shape index (κ2) is 6.06. The summed E-state index contributed by atoms with van der Waals surface area (Å²) in [6.45, 7) is 4.93. The van der Waals surface area contributed by atoms with Crippen LogP contribution in [0.2, 0.25) is 0 Å². The molecular formula is C17H26N2. The molecule has 0 spiro atoms. The first-order valence-corrected chi connectivity index (χ1v) is 7.85. The molecule has 1 aromatic rings. The van der Waals surface area contributed by atoms with Crippen LogP contribution in [0.4, 0.5) is 0 Å². The Morgan fingerprint density at radius 2 is 2.00 bits per heavy atom. The molecule has 1 aliphatic carbocycles. The van der Waals surface area contributed by atoms with Gasteiger partial charge in [0.25, 0.3) is 0 Å². The lowest BCUT2D eigenvalue weighted by atomic mass is 10.1. The van der Waals surface area contributed by atoms with Gasteiger partial charge in [0.2, 0.25) is 0 Å². The zero-order chi connectivity index (χ0) is 13.1. The number of nitrogens with zero attached hydrogens (tertiary/aromatic N) is 1. The fourth-order valence-corrected chi connectivity index (χ4v) is 3.21. The normalized spacial score (nSPS) is 25.6. The molecular weight excluding hydrogens is 232 g/mol. The molecule has 1 aliphatic heterocycles. The van der Waals surface area contributed by atoms with E-state index in [4.69, 9.17) is 0 Å². The van der Waals surface area contributed by atoms with Crippen molar-refractivity contribution in [3.05, 3.63) is 35.9 Å². The van der Waals surface area contributed by atoms with Gasteiger partial charge in [-0.1, -0.05) is 30.3 Å². The minimum absolute atomic E-state index is 0.629. The number of hydrogen-bond donors (Lipinski definition) is 1. The Morgan fingerprint density at radius 3 is 2.74 bits per heavy atom. The van der Waals surface area contributed by atoms with E-state index in [-0.39, 0.29) is 0 Å². The minimum atomic E-state index is 0.629. The maximum absolute atomic E-state index is 3.82. The quantitative estimate of drug-likeness (QED) is 0.844. The second-order valence-electron chi connectivity index (χ2n) is 6.30. The number of benzene rings is 1. The van der Waals surface area contributed by atoms with E-state index in [0.29, 0.717) is 6.04 Å². The van der Waals surface area contributed by atoms with Gasteiger partial charge in [-0.05, 0) is 44.6 Å². The van der Waals surface area contributed by atoms with E-state index in [2.05, 4.69) is 47.5 Å². The van der Waals surface area contributed by atoms with Crippen LogP contribution in [-0.2, 0) is 6.42 Å². The molecule has 2 nitrogen and oxygen atoms in total. The van der Waals surface area contributed by atoms with Gasteiger partial charge in [-0.25, -0.2) is 0 Å². The van der Waals surface area contributed by atoms with E-state index >= 15 is 0 Å². The summed E-state index contributed by atoms with van der Waals surface area (Å²) in [7, 11) is 0. The van der Waals surface area contributed by atoms with Crippen molar-refractivity contribution in [2.75, 3.05) is 13.1 Å². The molecule has 3 rings (SSSR count). The van der Waals surface area contributed by atoms with Crippen LogP contribution in [0.3, 0.4) is 0 Å². The first kappa shape index (κ1) is 13.1. The molecule has 0 bridgehead atoms. The summed E-state index contributed by atoms with van der Waals surface area (Å²) < 4.78 is 0. The predicted octanol–water partition coefficient (Wildman–Crippen LogP) is 2.83. The molecule has 2 fully saturated rings. The van der Waals surface area contributed by atoms with Crippen LogP contribution in [-0.4, -0.2) is 36.1 Å². The van der Waals surface area contributed by atoms with Gasteiger partial charge in [-0.3, -0.25) is 4.90 Å². The lowest BCUT2D eigenvalue weighted by Crippen LogP contribution is -2.39. The summed E-state index contributed by atoms with van der Waals surface area (Å²) in [4.78, 5) is 2.68. The molecule has 1 aromatic carbocycles. The van der Waals surface area contributed by atoms with Crippen molar-refractivity contribution in [3.8, 4) is 0 Å². The van der Waals surface area contributed by atoms with E-state index in [1.165, 1.54) is 50.8 Å². The van der Waals surface area contributed by atoms with Gasteiger partial charge >= 0.3 is 0 Å². The summed E-state index contributed by atoms with van der Waals surface area (Å²) in [5, 5.41) is 3.82. The molecule has 1 N–H and O–H groups in total. The monoisotopic (exact) mass is 258 g/mol. The molecule has 2 aliphatic rings. The fourth-order valence-electron chi connectivity index (χ4n) is 3.21. The molecule has 0 amide bonds. The minimum Gasteiger partial charge on any atom is -0.310 e. The summed E-state index contributed by atoms with van der Waals surface area (Å²) in [5.74, 6) is 0. The molecule has 1 saturated carbocycles. The third-order valence-corrected chi connectivity index (χ3v) is 4.51. The number of likely N-dealkylation sites (tertiary alicyclic amines) is 1. The zero-order valence-corrected chi connectivity index (χ0v) is 12.0. The van der Waals surface area contributed by atoms with Crippen LogP contribution in [0.25, 0.3) is 0 Å². The Morgan fingerprint density at radius 1 is 1.21 bits per heavy atom. The summed E-state index contributed by atoms with van der Waals surface area (Å²) in [5.41, 5.74) is 1.46. The molecule has 0 aromatic heterocycles. The van der Waals surface area contributed by atoms with Crippen LogP contribution in [0.15, 0.2) is 30.3 Å². The van der Waals surface area contributed by atoms with Gasteiger partial charge < -0.3 is 5.32 Å². The maximum Gasteiger partial charge on any atom is 0.0209 e. The molecule has 0 radical (unpaired) electrons. The summed E-state index contributed by atoms with van der Waals surface area (Å²) >= 11 is 0. The van der Waals surface area contributed by atoms with Crippen LogP contribution < -0.4 is 5.32 Å². The molecule has 1 heterocycles. The first-order chi connectivity index (χ1) is 9.31. The van der Waals surface area contributed by atoms with Crippen molar-refractivity contribution in [3.63, 3.8) is 0 Å². The van der Waals surface area contributed by atoms with Crippen LogP contribution in [0.5, 0.6) is 0 Å². The fraction of sp³-hybridized carbons (Fsp3) is 0.647. The highest BCUT2D eigenvalue weighted by Crippen LogP contribution is 2.29. The second-order valence-corrected chi connectivity index (χ2v) is 6.30. The van der Waals surface area contributed by atoms with Crippen LogP contribution in [0.1, 0.15) is 38.2 Å². The van der Waals surface area contributed by atoms with Gasteiger partial charge in [-0.15, -0.1) is 0 Å². The summed E-state index contributed by atoms with van der Waals surface area (Å²) in [6, 6.07) is 13.1. The Hall–Kier alpha value is -0.860. The number of nitrogens with one attached hydrogen (secondary N) is 1. The summed E-state index contributed by atoms with van der Waals surface area (Å²) in [6.07, 6.45) is 6.65. The highest BCUT2D eigenvalue weighted by atomic mass is 15.2. The Balaban J connectivity index is 1.38. The average Bonchev–Trinajstić information content (AvgIpc) is 3.19. The Labute approximate surface area is 117 Å². The molecule has 1 saturated heterocycles. The average molecular weight is 258 g/mol. The van der Waals surface area contributed by atoms with Crippen molar-refractivity contribution in [1.82, 2.24) is 10.2 Å². The van der Waals surface area contributed by atoms with Gasteiger partial charge in [0.05, 0.1) is 0 Å². The van der Waals surface area contributed by atoms with Gasteiger partial charge in [-0.2, -0.15) is 0 Å². The number of aryl methyl sites for hydroxylation is 1. The molecule has 2 heteroatoms. The van der Waals surface area contributed by atoms with E-state index in [0.717, 1.165) is 12.1 Å². The van der Waals surface area contributed by atoms with Crippen LogP contribution >= 0.6 is 0 Å². The smallest absolute Gasteiger partial charge is 0.0209 e. The lowest BCUT2D eigenvalue weighted by molar-refractivity contribution is 0.312. The van der Waals surface area contributed by atoms with E-state index < -0.39 is 0 Å². The molecule has 19 heavy (non-hydrogen) atoms. The van der Waals surface area contributed by atoms with Gasteiger partial charge in [0, 0.05) is 31.2 Å². The van der Waals surface area contributed by atoms with E-state index in [9.17, 15) is 0 Å². The topological polar surface area (TPSA) is 15.3 Å². The van der Waals surface area contributed by atoms with Gasteiger partial charge in [0.15, 0.2) is 0 Å². The van der Waals surface area contributed by atoms with E-state index in [1.807, 2.05) is 0 Å². The largest absolute Gasteiger partial charge is 0.310 e. The highest BCUT2D eigenvalue weighted by Gasteiger charge is 2.34. The van der Waals surface area contributed by atoms with Crippen LogP contribution in [0, 0.1) is 0 Å². The van der Waals surface area contributed by atoms with Crippen molar-refractivity contribution >= 4 is 0 Å². The number of hydrogen-bond acceptors (Lipinski definition) is 2. The van der Waals surface area contributed by atoms with Crippen molar-refractivity contribution in [2.24, 2.45) is 0 Å². The third-order valence-electron chi connectivity index (χ3n) is 4.51. The first-order valence-electron chi connectivity index (χ1n) is 7.85. The van der Waals surface area contributed by atoms with Crippen molar-refractivity contribution < 1.29 is 0 Å². The Kier molecular flexibility index (Phi) is 4.19. The zero-order valence-electron chi connectivity index (χ0n) is 12.0. The maximum atomic E-state index is 3.82. The van der Waals surface area contributed by atoms with Crippen molar-refractivity contribution in [1.29, 1.82) is 0 Å². The standard InChI is InChI=1S/C17H26N2/c1-14(7-8-15-5-3-2-4-6-15)18-16-11-12-19(13-16)17-9-10-17/h2-6,14,16-18H,7-13H2,1H3. The van der Waals surface area contributed by atoms with Gasteiger partial charge in [0.1, 0.15) is 0 Å². The molecule has 2 unspecified atom stereocenters. The highest BCUT2D eigenvalue weighted by molar-refractivity contribution is 5.14.